The molecule has 2 heterocycles. The van der Waals surface area contributed by atoms with Crippen LogP contribution in [-0.2, 0) is 11.2 Å². The molecule has 1 aliphatic rings. The van der Waals surface area contributed by atoms with Crippen molar-refractivity contribution in [3.63, 3.8) is 0 Å². The second-order valence-corrected chi connectivity index (χ2v) is 6.75. The zero-order valence-corrected chi connectivity index (χ0v) is 16.2. The van der Waals surface area contributed by atoms with Gasteiger partial charge < -0.3 is 9.15 Å². The van der Waals surface area contributed by atoms with Crippen molar-refractivity contribution in [1.82, 2.24) is 0 Å². The molecule has 1 amide bonds. The van der Waals surface area contributed by atoms with Crippen LogP contribution in [0.1, 0.15) is 35.3 Å². The number of amides is 1. The van der Waals surface area contributed by atoms with Gasteiger partial charge in [-0.25, -0.2) is 4.79 Å². The molecule has 0 aliphatic carbocycles. The summed E-state index contributed by atoms with van der Waals surface area (Å²) in [5.41, 5.74) is 1.99. The Labute approximate surface area is 166 Å². The van der Waals surface area contributed by atoms with E-state index in [1.54, 1.807) is 25.1 Å². The molecule has 0 atom stereocenters. The molecule has 7 nitrogen and oxygen atoms in total. The van der Waals surface area contributed by atoms with Crippen LogP contribution in [0.25, 0.3) is 11.0 Å². The zero-order valence-electron chi connectivity index (χ0n) is 16.2. The van der Waals surface area contributed by atoms with Gasteiger partial charge in [0, 0.05) is 18.4 Å². The summed E-state index contributed by atoms with van der Waals surface area (Å²) >= 11 is 0. The van der Waals surface area contributed by atoms with Crippen molar-refractivity contribution in [1.29, 1.82) is 0 Å². The number of carbonyl (C=O) groups excluding carboxylic acids is 2. The molecule has 146 valence electrons. The largest absolute Gasteiger partial charge is 0.434 e. The Balaban J connectivity index is 1.81. The summed E-state index contributed by atoms with van der Waals surface area (Å²) in [7, 11) is 0. The van der Waals surface area contributed by atoms with E-state index in [1.807, 2.05) is 25.1 Å². The summed E-state index contributed by atoms with van der Waals surface area (Å²) in [5, 5.41) is 5.94. The average Bonchev–Trinajstić information content (AvgIpc) is 3.01. The van der Waals surface area contributed by atoms with Gasteiger partial charge in [-0.3, -0.25) is 9.59 Å². The molecule has 0 N–H and O–H groups in total. The van der Waals surface area contributed by atoms with Gasteiger partial charge in [0.05, 0.1) is 5.69 Å². The predicted molar refractivity (Wildman–Crippen MR) is 109 cm³/mol. The van der Waals surface area contributed by atoms with Gasteiger partial charge in [0.25, 0.3) is 11.7 Å². The van der Waals surface area contributed by atoms with Crippen molar-refractivity contribution in [2.75, 3.05) is 5.01 Å². The lowest BCUT2D eigenvalue weighted by Gasteiger charge is -2.16. The zero-order chi connectivity index (χ0) is 20.7. The minimum atomic E-state index is -0.552. The van der Waals surface area contributed by atoms with Crippen LogP contribution in [0.4, 0.5) is 5.69 Å². The molecule has 0 fully saturated rings. The lowest BCUT2D eigenvalue weighted by atomic mass is 10.0. The summed E-state index contributed by atoms with van der Waals surface area (Å²) in [6.45, 7) is 5.12. The van der Waals surface area contributed by atoms with Crippen molar-refractivity contribution >= 4 is 34.2 Å². The number of aryl methyl sites for hydroxylation is 2. The molecule has 4 rings (SSSR count). The summed E-state index contributed by atoms with van der Waals surface area (Å²) in [4.78, 5) is 37.0. The minimum absolute atomic E-state index is 0.132. The van der Waals surface area contributed by atoms with Gasteiger partial charge in [-0.1, -0.05) is 19.1 Å². The number of anilines is 1. The van der Waals surface area contributed by atoms with Crippen molar-refractivity contribution < 1.29 is 18.7 Å². The monoisotopic (exact) mass is 390 g/mol. The van der Waals surface area contributed by atoms with Crippen molar-refractivity contribution in [2.45, 2.75) is 27.2 Å². The number of ketones is 1. The SMILES string of the molecule is CCc1cccc(N(N=C2Oc3ccc4c(C)cc(=O)oc4c3C2=O)C(C)=O)c1. The molecule has 0 bridgehead atoms. The third-order valence-electron chi connectivity index (χ3n) is 4.76. The number of rotatable bonds is 3. The number of carbonyl (C=O) groups is 2. The van der Waals surface area contributed by atoms with Crippen LogP contribution in [0, 0.1) is 6.92 Å². The van der Waals surface area contributed by atoms with Gasteiger partial charge in [-0.15, -0.1) is 5.10 Å². The standard InChI is InChI=1S/C22H18N2O5/c1-4-14-6-5-7-15(11-14)24(13(3)25)23-22-20(27)19-17(28-22)9-8-16-12(2)10-18(26)29-21(16)19/h5-11H,4H2,1-3H3. The van der Waals surface area contributed by atoms with E-state index in [0.717, 1.165) is 17.0 Å². The molecule has 0 radical (unpaired) electrons. The first kappa shape index (κ1) is 18.6. The highest BCUT2D eigenvalue weighted by molar-refractivity contribution is 6.48. The lowest BCUT2D eigenvalue weighted by Crippen LogP contribution is -2.27. The van der Waals surface area contributed by atoms with Gasteiger partial charge >= 0.3 is 5.63 Å². The number of hydrogen-bond donors (Lipinski definition) is 0. The molecule has 2 aromatic carbocycles. The minimum Gasteiger partial charge on any atom is -0.434 e. The highest BCUT2D eigenvalue weighted by atomic mass is 16.5. The fraction of sp³-hybridized carbons (Fsp3) is 0.182. The number of fused-ring (bicyclic) bond motifs is 3. The molecule has 0 spiro atoms. The first-order valence-electron chi connectivity index (χ1n) is 9.17. The Morgan fingerprint density at radius 1 is 1.14 bits per heavy atom. The summed E-state index contributed by atoms with van der Waals surface area (Å²) in [5.74, 6) is -0.933. The van der Waals surface area contributed by atoms with E-state index in [2.05, 4.69) is 5.10 Å². The highest BCUT2D eigenvalue weighted by Crippen LogP contribution is 2.34. The van der Waals surface area contributed by atoms with Crippen LogP contribution in [0.2, 0.25) is 0 Å². The van der Waals surface area contributed by atoms with E-state index in [9.17, 15) is 14.4 Å². The highest BCUT2D eigenvalue weighted by Gasteiger charge is 2.34. The molecule has 29 heavy (non-hydrogen) atoms. The third-order valence-corrected chi connectivity index (χ3v) is 4.76. The molecular weight excluding hydrogens is 372 g/mol. The fourth-order valence-corrected chi connectivity index (χ4v) is 3.30. The van der Waals surface area contributed by atoms with Gasteiger partial charge in [0.1, 0.15) is 11.3 Å². The molecule has 3 aromatic rings. The Hall–Kier alpha value is -3.74. The fourth-order valence-electron chi connectivity index (χ4n) is 3.30. The van der Waals surface area contributed by atoms with Crippen molar-refractivity contribution in [3.05, 3.63) is 69.6 Å². The molecule has 0 unspecified atom stereocenters. The average molecular weight is 390 g/mol. The molecule has 7 heteroatoms. The summed E-state index contributed by atoms with van der Waals surface area (Å²) in [6.07, 6.45) is 0.793. The van der Waals surface area contributed by atoms with Crippen LogP contribution in [0.5, 0.6) is 5.75 Å². The van der Waals surface area contributed by atoms with Crippen LogP contribution in [0.15, 0.2) is 56.8 Å². The van der Waals surface area contributed by atoms with Crippen LogP contribution < -0.4 is 15.4 Å². The number of ether oxygens (including phenoxy) is 1. The topological polar surface area (TPSA) is 89.2 Å². The number of nitrogens with zero attached hydrogens (tertiary/aromatic N) is 2. The van der Waals surface area contributed by atoms with Gasteiger partial charge in [0.2, 0.25) is 5.91 Å². The molecular formula is C22H18N2O5. The first-order chi connectivity index (χ1) is 13.9. The lowest BCUT2D eigenvalue weighted by molar-refractivity contribution is -0.116. The normalized spacial score (nSPS) is 14.2. The molecule has 1 aromatic heterocycles. The quantitative estimate of drug-likeness (QED) is 0.503. The van der Waals surface area contributed by atoms with Gasteiger partial charge in [0.15, 0.2) is 5.58 Å². The van der Waals surface area contributed by atoms with Gasteiger partial charge in [-0.05, 0) is 48.7 Å². The Morgan fingerprint density at radius 2 is 1.93 bits per heavy atom. The molecule has 1 aliphatic heterocycles. The van der Waals surface area contributed by atoms with Gasteiger partial charge in [-0.2, -0.15) is 5.01 Å². The maximum Gasteiger partial charge on any atom is 0.336 e. The van der Waals surface area contributed by atoms with E-state index in [4.69, 9.17) is 9.15 Å². The number of benzene rings is 2. The Kier molecular flexibility index (Phi) is 4.50. The third kappa shape index (κ3) is 3.20. The van der Waals surface area contributed by atoms with E-state index >= 15 is 0 Å². The van der Waals surface area contributed by atoms with Crippen molar-refractivity contribution in [2.24, 2.45) is 5.10 Å². The van der Waals surface area contributed by atoms with Crippen LogP contribution in [0.3, 0.4) is 0 Å². The Bertz CT molecular complexity index is 1260. The maximum absolute atomic E-state index is 13.0. The smallest absolute Gasteiger partial charge is 0.336 e. The number of hydrazone groups is 1. The van der Waals surface area contributed by atoms with Crippen LogP contribution in [-0.4, -0.2) is 17.6 Å². The Morgan fingerprint density at radius 3 is 2.66 bits per heavy atom. The predicted octanol–water partition coefficient (Wildman–Crippen LogP) is 3.61. The molecule has 0 saturated carbocycles. The first-order valence-corrected chi connectivity index (χ1v) is 9.17. The number of Topliss-reactive ketones (excluding diaryl/α,β-unsaturated/α-hetero) is 1. The van der Waals surface area contributed by atoms with Crippen molar-refractivity contribution in [3.8, 4) is 5.75 Å². The van der Waals surface area contributed by atoms with Crippen LogP contribution >= 0.6 is 0 Å². The second kappa shape index (κ2) is 7.01. The number of hydrogen-bond acceptors (Lipinski definition) is 6. The van der Waals surface area contributed by atoms with E-state index in [1.165, 1.54) is 13.0 Å². The van der Waals surface area contributed by atoms with E-state index < -0.39 is 11.4 Å². The summed E-state index contributed by atoms with van der Waals surface area (Å²) < 4.78 is 10.9. The maximum atomic E-state index is 13.0. The second-order valence-electron chi connectivity index (χ2n) is 6.75. The molecule has 0 saturated heterocycles. The summed E-state index contributed by atoms with van der Waals surface area (Å²) in [6, 6.07) is 12.0. The van der Waals surface area contributed by atoms with E-state index in [-0.39, 0.29) is 28.7 Å². The van der Waals surface area contributed by atoms with E-state index in [0.29, 0.717) is 16.6 Å².